The summed E-state index contributed by atoms with van der Waals surface area (Å²) in [7, 11) is 0. The largest absolute Gasteiger partial charge is 0.353 e. The highest BCUT2D eigenvalue weighted by molar-refractivity contribution is 7.99. The summed E-state index contributed by atoms with van der Waals surface area (Å²) in [6.45, 7) is 2.54. The van der Waals surface area contributed by atoms with Gasteiger partial charge in [0.05, 0.1) is 5.75 Å². The molecule has 3 N–H and O–H groups in total. The predicted molar refractivity (Wildman–Crippen MR) is 101 cm³/mol. The van der Waals surface area contributed by atoms with Crippen molar-refractivity contribution in [1.82, 2.24) is 5.32 Å². The summed E-state index contributed by atoms with van der Waals surface area (Å²) >= 11 is 1.62. The molecule has 1 unspecified atom stereocenters. The Morgan fingerprint density at radius 1 is 1.17 bits per heavy atom. The number of amides is 1. The molecule has 124 valence electrons. The van der Waals surface area contributed by atoms with Gasteiger partial charge in [-0.15, -0.1) is 24.2 Å². The second-order valence-electron chi connectivity index (χ2n) is 5.30. The van der Waals surface area contributed by atoms with E-state index in [-0.39, 0.29) is 24.4 Å². The molecular formula is C18H23ClN2OS. The molecule has 1 atom stereocenters. The van der Waals surface area contributed by atoms with E-state index in [0.29, 0.717) is 12.3 Å². The molecule has 0 saturated heterocycles. The number of rotatable bonds is 7. The van der Waals surface area contributed by atoms with Crippen molar-refractivity contribution >= 4 is 30.1 Å². The minimum Gasteiger partial charge on any atom is -0.353 e. The molecule has 3 nitrogen and oxygen atoms in total. The Balaban J connectivity index is 0.00000264. The molecule has 2 aromatic rings. The van der Waals surface area contributed by atoms with Crippen LogP contribution in [-0.2, 0) is 10.5 Å². The van der Waals surface area contributed by atoms with E-state index in [4.69, 9.17) is 5.73 Å². The summed E-state index contributed by atoms with van der Waals surface area (Å²) in [6.07, 6.45) is 0. The van der Waals surface area contributed by atoms with Crippen LogP contribution in [0.4, 0.5) is 0 Å². The Morgan fingerprint density at radius 2 is 1.91 bits per heavy atom. The lowest BCUT2D eigenvalue weighted by molar-refractivity contribution is -0.118. The molecule has 0 spiro atoms. The van der Waals surface area contributed by atoms with Crippen LogP contribution in [-0.4, -0.2) is 18.2 Å². The summed E-state index contributed by atoms with van der Waals surface area (Å²) in [5.74, 6) is 1.33. The van der Waals surface area contributed by atoms with Crippen LogP contribution >= 0.6 is 24.2 Å². The van der Waals surface area contributed by atoms with Crippen molar-refractivity contribution in [1.29, 1.82) is 0 Å². The van der Waals surface area contributed by atoms with Crippen LogP contribution in [0.5, 0.6) is 0 Å². The fourth-order valence-corrected chi connectivity index (χ4v) is 2.96. The van der Waals surface area contributed by atoms with Gasteiger partial charge >= 0.3 is 0 Å². The Labute approximate surface area is 148 Å². The first-order valence-electron chi connectivity index (χ1n) is 7.35. The second kappa shape index (κ2) is 10.3. The maximum Gasteiger partial charge on any atom is 0.230 e. The van der Waals surface area contributed by atoms with Gasteiger partial charge in [-0.1, -0.05) is 60.2 Å². The fourth-order valence-electron chi connectivity index (χ4n) is 2.16. The normalized spacial score (nSPS) is 11.4. The average molecular weight is 351 g/mol. The highest BCUT2D eigenvalue weighted by Crippen LogP contribution is 2.13. The molecule has 0 aliphatic carbocycles. The smallest absolute Gasteiger partial charge is 0.230 e. The van der Waals surface area contributed by atoms with E-state index in [0.717, 1.165) is 11.3 Å². The van der Waals surface area contributed by atoms with Gasteiger partial charge in [0.1, 0.15) is 0 Å². The number of halogens is 1. The molecule has 2 aromatic carbocycles. The van der Waals surface area contributed by atoms with Crippen LogP contribution in [0, 0.1) is 6.92 Å². The van der Waals surface area contributed by atoms with E-state index < -0.39 is 0 Å². The lowest BCUT2D eigenvalue weighted by atomic mass is 10.1. The number of carbonyl (C=O) groups is 1. The van der Waals surface area contributed by atoms with Gasteiger partial charge in [0.15, 0.2) is 0 Å². The van der Waals surface area contributed by atoms with E-state index >= 15 is 0 Å². The van der Waals surface area contributed by atoms with Gasteiger partial charge in [-0.05, 0) is 18.1 Å². The van der Waals surface area contributed by atoms with Gasteiger partial charge < -0.3 is 11.1 Å². The minimum atomic E-state index is -0.160. The zero-order valence-electron chi connectivity index (χ0n) is 13.2. The third-order valence-corrected chi connectivity index (χ3v) is 4.34. The first-order valence-corrected chi connectivity index (χ1v) is 8.51. The Bertz CT molecular complexity index is 607. The molecule has 1 amide bonds. The molecule has 2 rings (SSSR count). The number of nitrogens with one attached hydrogen (secondary N) is 1. The standard InChI is InChI=1S/C18H22N2OS.ClH/c1-14-6-5-7-15(10-14)12-22-13-18(21)20-11-17(19)16-8-3-2-4-9-16;/h2-10,17H,11-13,19H2,1H3,(H,20,21);1H. The number of thioether (sulfide) groups is 1. The van der Waals surface area contributed by atoms with Gasteiger partial charge in [0.25, 0.3) is 0 Å². The van der Waals surface area contributed by atoms with Gasteiger partial charge in [0.2, 0.25) is 5.91 Å². The van der Waals surface area contributed by atoms with E-state index in [2.05, 4.69) is 30.4 Å². The van der Waals surface area contributed by atoms with Crippen LogP contribution in [0.15, 0.2) is 54.6 Å². The van der Waals surface area contributed by atoms with E-state index in [1.165, 1.54) is 11.1 Å². The van der Waals surface area contributed by atoms with Crippen molar-refractivity contribution in [3.8, 4) is 0 Å². The summed E-state index contributed by atoms with van der Waals surface area (Å²) < 4.78 is 0. The zero-order chi connectivity index (χ0) is 15.8. The molecule has 0 heterocycles. The highest BCUT2D eigenvalue weighted by Gasteiger charge is 2.08. The van der Waals surface area contributed by atoms with Crippen molar-refractivity contribution < 1.29 is 4.79 Å². The SMILES string of the molecule is Cc1cccc(CSCC(=O)NCC(N)c2ccccc2)c1.Cl. The number of hydrogen-bond donors (Lipinski definition) is 2. The third kappa shape index (κ3) is 7.08. The molecule has 0 fully saturated rings. The fraction of sp³-hybridized carbons (Fsp3) is 0.278. The molecule has 0 saturated carbocycles. The molecule has 0 aliphatic heterocycles. The molecule has 0 aliphatic rings. The average Bonchev–Trinajstić information content (AvgIpc) is 2.53. The second-order valence-corrected chi connectivity index (χ2v) is 6.29. The molecular weight excluding hydrogens is 328 g/mol. The molecule has 5 heteroatoms. The minimum absolute atomic E-state index is 0. The summed E-state index contributed by atoms with van der Waals surface area (Å²) in [5, 5.41) is 2.89. The summed E-state index contributed by atoms with van der Waals surface area (Å²) in [5.41, 5.74) is 9.59. The van der Waals surface area contributed by atoms with Crippen LogP contribution in [0.3, 0.4) is 0 Å². The van der Waals surface area contributed by atoms with E-state index in [1.54, 1.807) is 11.8 Å². The quantitative estimate of drug-likeness (QED) is 0.804. The van der Waals surface area contributed by atoms with Gasteiger partial charge in [-0.25, -0.2) is 0 Å². The monoisotopic (exact) mass is 350 g/mol. The molecule has 23 heavy (non-hydrogen) atoms. The number of carbonyl (C=O) groups excluding carboxylic acids is 1. The van der Waals surface area contributed by atoms with E-state index in [9.17, 15) is 4.79 Å². The van der Waals surface area contributed by atoms with Crippen LogP contribution in [0.2, 0.25) is 0 Å². The number of benzene rings is 2. The van der Waals surface area contributed by atoms with Crippen molar-refractivity contribution in [2.45, 2.75) is 18.7 Å². The van der Waals surface area contributed by atoms with Crippen molar-refractivity contribution in [3.05, 3.63) is 71.3 Å². The first kappa shape index (κ1) is 19.6. The lowest BCUT2D eigenvalue weighted by Gasteiger charge is -2.13. The van der Waals surface area contributed by atoms with Crippen LogP contribution in [0.25, 0.3) is 0 Å². The Kier molecular flexibility index (Phi) is 8.77. The van der Waals surface area contributed by atoms with Crippen molar-refractivity contribution in [2.24, 2.45) is 5.73 Å². The number of nitrogens with two attached hydrogens (primary N) is 1. The lowest BCUT2D eigenvalue weighted by Crippen LogP contribution is -2.33. The maximum absolute atomic E-state index is 11.8. The predicted octanol–water partition coefficient (Wildman–Crippen LogP) is 3.47. The van der Waals surface area contributed by atoms with Crippen molar-refractivity contribution in [2.75, 3.05) is 12.3 Å². The van der Waals surface area contributed by atoms with Crippen molar-refractivity contribution in [3.63, 3.8) is 0 Å². The van der Waals surface area contributed by atoms with Gasteiger partial charge in [-0.2, -0.15) is 0 Å². The molecule has 0 radical (unpaired) electrons. The zero-order valence-corrected chi connectivity index (χ0v) is 14.8. The maximum atomic E-state index is 11.8. The Morgan fingerprint density at radius 3 is 2.61 bits per heavy atom. The summed E-state index contributed by atoms with van der Waals surface area (Å²) in [4.78, 5) is 11.8. The van der Waals surface area contributed by atoms with Gasteiger partial charge in [-0.3, -0.25) is 4.79 Å². The number of aryl methyl sites for hydroxylation is 1. The topological polar surface area (TPSA) is 55.1 Å². The molecule has 0 bridgehead atoms. The number of hydrogen-bond acceptors (Lipinski definition) is 3. The third-order valence-electron chi connectivity index (χ3n) is 3.33. The van der Waals surface area contributed by atoms with Crippen LogP contribution < -0.4 is 11.1 Å². The molecule has 0 aromatic heterocycles. The van der Waals surface area contributed by atoms with Crippen LogP contribution in [0.1, 0.15) is 22.7 Å². The van der Waals surface area contributed by atoms with Gasteiger partial charge in [0, 0.05) is 18.3 Å². The highest BCUT2D eigenvalue weighted by atomic mass is 35.5. The van der Waals surface area contributed by atoms with E-state index in [1.807, 2.05) is 36.4 Å². The first-order chi connectivity index (χ1) is 10.6. The summed E-state index contributed by atoms with van der Waals surface area (Å²) in [6, 6.07) is 18.0. The Hall–Kier alpha value is -1.49.